The van der Waals surface area contributed by atoms with Gasteiger partial charge in [-0.25, -0.2) is 4.79 Å². The number of rotatable bonds is 6. The Bertz CT molecular complexity index is 449. The van der Waals surface area contributed by atoms with Crippen LogP contribution in [0.1, 0.15) is 23.7 Å². The number of nitrogens with one attached hydrogen (secondary N) is 2. The van der Waals surface area contributed by atoms with Crippen molar-refractivity contribution in [3.8, 4) is 0 Å². The molecule has 98 valence electrons. The number of para-hydroxylation sites is 1. The zero-order valence-corrected chi connectivity index (χ0v) is 11.6. The van der Waals surface area contributed by atoms with Gasteiger partial charge in [-0.15, -0.1) is 0 Å². The minimum absolute atomic E-state index is 0.0632. The smallest absolute Gasteiger partial charge is 0.337 e. The Morgan fingerprint density at radius 1 is 1.39 bits per heavy atom. The van der Waals surface area contributed by atoms with E-state index in [1.54, 1.807) is 12.1 Å². The number of carboxylic acids is 1. The molecule has 1 rings (SSSR count). The van der Waals surface area contributed by atoms with Gasteiger partial charge in [0.25, 0.3) is 0 Å². The zero-order valence-electron chi connectivity index (χ0n) is 10.00. The lowest BCUT2D eigenvalue weighted by Crippen LogP contribution is -2.29. The molecule has 0 atom stereocenters. The van der Waals surface area contributed by atoms with Gasteiger partial charge in [0.2, 0.25) is 5.91 Å². The van der Waals surface area contributed by atoms with Gasteiger partial charge in [-0.05, 0) is 41.0 Å². The van der Waals surface area contributed by atoms with Gasteiger partial charge in [-0.2, -0.15) is 0 Å². The molecule has 0 saturated carbocycles. The molecule has 0 heterocycles. The van der Waals surface area contributed by atoms with Crippen LogP contribution < -0.4 is 10.6 Å². The second-order valence-electron chi connectivity index (χ2n) is 3.69. The number of anilines is 1. The number of halogens is 1. The normalized spacial score (nSPS) is 10.1. The highest BCUT2D eigenvalue weighted by molar-refractivity contribution is 9.10. The summed E-state index contributed by atoms with van der Waals surface area (Å²) in [6, 6.07) is 4.74. The van der Waals surface area contributed by atoms with Crippen LogP contribution in [0.2, 0.25) is 0 Å². The van der Waals surface area contributed by atoms with Crippen LogP contribution in [0.15, 0.2) is 22.7 Å². The van der Waals surface area contributed by atoms with E-state index < -0.39 is 5.97 Å². The second-order valence-corrected chi connectivity index (χ2v) is 4.55. The van der Waals surface area contributed by atoms with Crippen molar-refractivity contribution in [1.29, 1.82) is 0 Å². The molecule has 0 aliphatic rings. The van der Waals surface area contributed by atoms with Gasteiger partial charge in [-0.1, -0.05) is 13.0 Å². The van der Waals surface area contributed by atoms with Crippen molar-refractivity contribution in [2.45, 2.75) is 13.3 Å². The summed E-state index contributed by atoms with van der Waals surface area (Å²) in [5.74, 6) is -1.34. The summed E-state index contributed by atoms with van der Waals surface area (Å²) in [4.78, 5) is 22.7. The summed E-state index contributed by atoms with van der Waals surface area (Å²) < 4.78 is 0.547. The van der Waals surface area contributed by atoms with Crippen LogP contribution >= 0.6 is 15.9 Å². The number of benzene rings is 1. The molecule has 6 heteroatoms. The van der Waals surface area contributed by atoms with Crippen molar-refractivity contribution >= 4 is 33.5 Å². The molecule has 3 N–H and O–H groups in total. The zero-order chi connectivity index (χ0) is 13.5. The fraction of sp³-hybridized carbons (Fsp3) is 0.333. The monoisotopic (exact) mass is 314 g/mol. The van der Waals surface area contributed by atoms with Crippen molar-refractivity contribution in [3.05, 3.63) is 28.2 Å². The molecule has 0 radical (unpaired) electrons. The first-order valence-corrected chi connectivity index (χ1v) is 6.38. The average molecular weight is 315 g/mol. The van der Waals surface area contributed by atoms with E-state index in [2.05, 4.69) is 26.6 Å². The summed E-state index contributed by atoms with van der Waals surface area (Å²) in [5.41, 5.74) is 0.349. The summed E-state index contributed by atoms with van der Waals surface area (Å²) in [7, 11) is 0. The summed E-state index contributed by atoms with van der Waals surface area (Å²) >= 11 is 3.23. The molecule has 0 saturated heterocycles. The maximum absolute atomic E-state index is 11.6. The average Bonchev–Trinajstić information content (AvgIpc) is 2.31. The molecule has 0 unspecified atom stereocenters. The van der Waals surface area contributed by atoms with Crippen LogP contribution in [-0.2, 0) is 4.79 Å². The maximum atomic E-state index is 11.6. The molecular weight excluding hydrogens is 300 g/mol. The van der Waals surface area contributed by atoms with E-state index in [9.17, 15) is 9.59 Å². The molecule has 18 heavy (non-hydrogen) atoms. The first kappa shape index (κ1) is 14.7. The Hall–Kier alpha value is -1.40. The fourth-order valence-corrected chi connectivity index (χ4v) is 1.86. The summed E-state index contributed by atoms with van der Waals surface area (Å²) in [5, 5.41) is 14.6. The molecule has 0 fully saturated rings. The lowest BCUT2D eigenvalue weighted by molar-refractivity contribution is -0.115. The minimum atomic E-state index is -1.08. The van der Waals surface area contributed by atoms with Gasteiger partial charge in [0.1, 0.15) is 0 Å². The standard InChI is InChI=1S/C12H15BrN2O3/c1-2-6-14-7-10(16)15-11-8(12(17)18)4-3-5-9(11)13/h3-5,14H,2,6-7H2,1H3,(H,15,16)(H,17,18). The molecule has 5 nitrogen and oxygen atoms in total. The Morgan fingerprint density at radius 3 is 2.72 bits per heavy atom. The SMILES string of the molecule is CCCNCC(=O)Nc1c(Br)cccc1C(=O)O. The Balaban J connectivity index is 2.77. The minimum Gasteiger partial charge on any atom is -0.478 e. The molecule has 1 amide bonds. The van der Waals surface area contributed by atoms with Gasteiger partial charge >= 0.3 is 5.97 Å². The third-order valence-corrected chi connectivity index (χ3v) is 2.88. The Labute approximate surface area is 114 Å². The third kappa shape index (κ3) is 4.12. The van der Waals surface area contributed by atoms with E-state index in [1.807, 2.05) is 6.92 Å². The van der Waals surface area contributed by atoms with E-state index in [4.69, 9.17) is 5.11 Å². The first-order chi connectivity index (χ1) is 8.56. The highest BCUT2D eigenvalue weighted by atomic mass is 79.9. The number of aromatic carboxylic acids is 1. The largest absolute Gasteiger partial charge is 0.478 e. The first-order valence-electron chi connectivity index (χ1n) is 5.58. The van der Waals surface area contributed by atoms with Crippen molar-refractivity contribution in [3.63, 3.8) is 0 Å². The summed E-state index contributed by atoms with van der Waals surface area (Å²) in [6.45, 7) is 2.91. The Kier molecular flexibility index (Phi) is 5.80. The lowest BCUT2D eigenvalue weighted by Gasteiger charge is -2.10. The summed E-state index contributed by atoms with van der Waals surface area (Å²) in [6.07, 6.45) is 0.933. The molecule has 0 aliphatic heterocycles. The predicted octanol–water partition coefficient (Wildman–Crippen LogP) is 2.09. The van der Waals surface area contributed by atoms with Crippen molar-refractivity contribution in [2.24, 2.45) is 0 Å². The van der Waals surface area contributed by atoms with E-state index in [-0.39, 0.29) is 23.7 Å². The molecule has 0 aromatic heterocycles. The van der Waals surface area contributed by atoms with Gasteiger partial charge in [0, 0.05) is 4.47 Å². The topological polar surface area (TPSA) is 78.4 Å². The number of carboxylic acid groups (broad SMARTS) is 1. The van der Waals surface area contributed by atoms with Crippen LogP contribution in [-0.4, -0.2) is 30.1 Å². The van der Waals surface area contributed by atoms with Crippen LogP contribution in [0, 0.1) is 0 Å². The number of amides is 1. The number of carbonyl (C=O) groups excluding carboxylic acids is 1. The van der Waals surface area contributed by atoms with Gasteiger partial charge in [-0.3, -0.25) is 4.79 Å². The van der Waals surface area contributed by atoms with E-state index in [1.165, 1.54) is 6.07 Å². The highest BCUT2D eigenvalue weighted by Crippen LogP contribution is 2.26. The van der Waals surface area contributed by atoms with E-state index in [0.717, 1.165) is 13.0 Å². The third-order valence-electron chi connectivity index (χ3n) is 2.22. The highest BCUT2D eigenvalue weighted by Gasteiger charge is 2.14. The Morgan fingerprint density at radius 2 is 2.11 bits per heavy atom. The molecule has 1 aromatic carbocycles. The van der Waals surface area contributed by atoms with Crippen molar-refractivity contribution < 1.29 is 14.7 Å². The molecule has 0 spiro atoms. The van der Waals surface area contributed by atoms with Crippen molar-refractivity contribution in [2.75, 3.05) is 18.4 Å². The number of hydrogen-bond donors (Lipinski definition) is 3. The second kappa shape index (κ2) is 7.13. The van der Waals surface area contributed by atoms with Gasteiger partial charge < -0.3 is 15.7 Å². The quantitative estimate of drug-likeness (QED) is 0.702. The van der Waals surface area contributed by atoms with Gasteiger partial charge in [0.05, 0.1) is 17.8 Å². The van der Waals surface area contributed by atoms with E-state index >= 15 is 0 Å². The maximum Gasteiger partial charge on any atom is 0.337 e. The van der Waals surface area contributed by atoms with Gasteiger partial charge in [0.15, 0.2) is 0 Å². The predicted molar refractivity (Wildman–Crippen MR) is 72.9 cm³/mol. The molecular formula is C12H15BrN2O3. The molecule has 0 aliphatic carbocycles. The number of hydrogen-bond acceptors (Lipinski definition) is 3. The van der Waals surface area contributed by atoms with E-state index in [0.29, 0.717) is 4.47 Å². The molecule has 0 bridgehead atoms. The lowest BCUT2D eigenvalue weighted by atomic mass is 10.2. The fourth-order valence-electron chi connectivity index (χ4n) is 1.39. The van der Waals surface area contributed by atoms with Crippen LogP contribution in [0.25, 0.3) is 0 Å². The van der Waals surface area contributed by atoms with Crippen molar-refractivity contribution in [1.82, 2.24) is 5.32 Å². The number of carbonyl (C=O) groups is 2. The molecule has 1 aromatic rings. The van der Waals surface area contributed by atoms with Crippen LogP contribution in [0.3, 0.4) is 0 Å². The van der Waals surface area contributed by atoms with Crippen LogP contribution in [0.4, 0.5) is 5.69 Å². The van der Waals surface area contributed by atoms with Crippen LogP contribution in [0.5, 0.6) is 0 Å².